The molecule has 3 N–H and O–H groups in total. The summed E-state index contributed by atoms with van der Waals surface area (Å²) in [6.07, 6.45) is 0. The molecule has 0 aliphatic rings. The molecule has 0 bridgehead atoms. The van der Waals surface area contributed by atoms with Crippen LogP contribution in [0.4, 0.5) is 0 Å². The third-order valence-electron chi connectivity index (χ3n) is 2.46. The average molecular weight is 266 g/mol. The minimum Gasteiger partial charge on any atom is -0.490 e. The number of nitrogens with zero attached hydrogens (tertiary/aromatic N) is 1. The first-order valence-electron chi connectivity index (χ1n) is 6.33. The van der Waals surface area contributed by atoms with E-state index >= 15 is 0 Å². The molecule has 19 heavy (non-hydrogen) atoms. The van der Waals surface area contributed by atoms with Crippen molar-refractivity contribution in [2.24, 2.45) is 16.8 Å². The third kappa shape index (κ3) is 5.18. The maximum absolute atomic E-state index is 8.74. The van der Waals surface area contributed by atoms with Crippen molar-refractivity contribution in [1.82, 2.24) is 0 Å². The number of oxime groups is 1. The van der Waals surface area contributed by atoms with E-state index in [1.807, 2.05) is 19.1 Å². The van der Waals surface area contributed by atoms with Gasteiger partial charge in [0.05, 0.1) is 12.2 Å². The van der Waals surface area contributed by atoms with Gasteiger partial charge in [0, 0.05) is 6.61 Å². The van der Waals surface area contributed by atoms with E-state index in [2.05, 4.69) is 19.0 Å². The highest BCUT2D eigenvalue weighted by atomic mass is 16.5. The summed E-state index contributed by atoms with van der Waals surface area (Å²) < 4.78 is 11.1. The summed E-state index contributed by atoms with van der Waals surface area (Å²) in [4.78, 5) is 0. The first-order valence-corrected chi connectivity index (χ1v) is 6.33. The van der Waals surface area contributed by atoms with Crippen molar-refractivity contribution in [3.63, 3.8) is 0 Å². The minimum atomic E-state index is 0.0399. The predicted molar refractivity (Wildman–Crippen MR) is 74.8 cm³/mol. The van der Waals surface area contributed by atoms with Gasteiger partial charge in [0.25, 0.3) is 0 Å². The molecule has 0 aliphatic heterocycles. The summed E-state index contributed by atoms with van der Waals surface area (Å²) in [5, 5.41) is 11.7. The molecule has 0 spiro atoms. The van der Waals surface area contributed by atoms with Crippen LogP contribution in [0, 0.1) is 12.8 Å². The van der Waals surface area contributed by atoms with Crippen molar-refractivity contribution < 1.29 is 14.7 Å². The predicted octanol–water partition coefficient (Wildman–Crippen LogP) is 2.14. The van der Waals surface area contributed by atoms with Crippen LogP contribution in [0.2, 0.25) is 0 Å². The lowest BCUT2D eigenvalue weighted by Gasteiger charge is -2.12. The molecule has 0 saturated carbocycles. The molecule has 1 aromatic carbocycles. The molecule has 0 amide bonds. The van der Waals surface area contributed by atoms with Gasteiger partial charge in [-0.25, -0.2) is 0 Å². The lowest BCUT2D eigenvalue weighted by molar-refractivity contribution is 0.0818. The number of hydrogen-bond acceptors (Lipinski definition) is 4. The van der Waals surface area contributed by atoms with Gasteiger partial charge in [-0.1, -0.05) is 25.1 Å². The molecule has 0 fully saturated rings. The van der Waals surface area contributed by atoms with E-state index in [0.29, 0.717) is 37.1 Å². The first-order chi connectivity index (χ1) is 9.04. The Bertz CT molecular complexity index is 431. The Balaban J connectivity index is 2.59. The number of ether oxygens (including phenoxy) is 2. The van der Waals surface area contributed by atoms with E-state index in [4.69, 9.17) is 20.4 Å². The second-order valence-corrected chi connectivity index (χ2v) is 4.80. The fraction of sp³-hybridized carbons (Fsp3) is 0.500. The molecule has 5 heteroatoms. The maximum Gasteiger partial charge on any atom is 0.173 e. The highest BCUT2D eigenvalue weighted by Gasteiger charge is 2.08. The van der Waals surface area contributed by atoms with Crippen molar-refractivity contribution in [1.29, 1.82) is 0 Å². The molecule has 1 rings (SSSR count). The molecule has 0 atom stereocenters. The number of amidine groups is 1. The summed E-state index contributed by atoms with van der Waals surface area (Å²) in [5.41, 5.74) is 7.23. The molecule has 0 radical (unpaired) electrons. The van der Waals surface area contributed by atoms with Crippen LogP contribution in [0.1, 0.15) is 25.0 Å². The zero-order valence-electron chi connectivity index (χ0n) is 11.7. The minimum absolute atomic E-state index is 0.0399. The molecule has 1 aromatic rings. The van der Waals surface area contributed by atoms with E-state index in [1.165, 1.54) is 0 Å². The quantitative estimate of drug-likeness (QED) is 0.260. The van der Waals surface area contributed by atoms with Gasteiger partial charge in [-0.05, 0) is 30.5 Å². The van der Waals surface area contributed by atoms with Crippen LogP contribution in [-0.2, 0) is 4.74 Å². The van der Waals surface area contributed by atoms with Crippen LogP contribution in [-0.4, -0.2) is 30.9 Å². The Morgan fingerprint density at radius 3 is 2.74 bits per heavy atom. The van der Waals surface area contributed by atoms with Gasteiger partial charge in [0.1, 0.15) is 12.4 Å². The van der Waals surface area contributed by atoms with Gasteiger partial charge in [0.2, 0.25) is 0 Å². The third-order valence-corrected chi connectivity index (χ3v) is 2.46. The van der Waals surface area contributed by atoms with Gasteiger partial charge in [-0.15, -0.1) is 0 Å². The molecule has 0 aliphatic carbocycles. The zero-order chi connectivity index (χ0) is 14.3. The SMILES string of the molecule is Cc1ccc(/C(N)=N/O)c(OCCOCC(C)C)c1. The lowest BCUT2D eigenvalue weighted by atomic mass is 10.1. The molecule has 5 nitrogen and oxygen atoms in total. The highest BCUT2D eigenvalue weighted by molar-refractivity contribution is 5.99. The van der Waals surface area contributed by atoms with Crippen LogP contribution in [0.3, 0.4) is 0 Å². The summed E-state index contributed by atoms with van der Waals surface area (Å²) in [5.74, 6) is 1.15. The summed E-state index contributed by atoms with van der Waals surface area (Å²) in [6.45, 7) is 7.81. The van der Waals surface area contributed by atoms with Crippen LogP contribution in [0.25, 0.3) is 0 Å². The van der Waals surface area contributed by atoms with Gasteiger partial charge in [-0.2, -0.15) is 0 Å². The van der Waals surface area contributed by atoms with E-state index < -0.39 is 0 Å². The smallest absolute Gasteiger partial charge is 0.173 e. The van der Waals surface area contributed by atoms with E-state index in [9.17, 15) is 0 Å². The average Bonchev–Trinajstić information content (AvgIpc) is 2.37. The van der Waals surface area contributed by atoms with Crippen molar-refractivity contribution in [2.75, 3.05) is 19.8 Å². The Hall–Kier alpha value is -1.75. The molecule has 106 valence electrons. The molecule has 0 heterocycles. The second-order valence-electron chi connectivity index (χ2n) is 4.80. The number of nitrogens with two attached hydrogens (primary N) is 1. The number of hydrogen-bond donors (Lipinski definition) is 2. The van der Waals surface area contributed by atoms with Crippen molar-refractivity contribution in [2.45, 2.75) is 20.8 Å². The fourth-order valence-corrected chi connectivity index (χ4v) is 1.54. The number of benzene rings is 1. The molecule has 0 unspecified atom stereocenters. The first kappa shape index (κ1) is 15.3. The molecular formula is C14H22N2O3. The zero-order valence-corrected chi connectivity index (χ0v) is 11.7. The van der Waals surface area contributed by atoms with Crippen molar-refractivity contribution in [3.05, 3.63) is 29.3 Å². The van der Waals surface area contributed by atoms with Crippen LogP contribution in [0.15, 0.2) is 23.4 Å². The Kier molecular flexibility index (Phi) is 6.15. The second kappa shape index (κ2) is 7.63. The van der Waals surface area contributed by atoms with Crippen LogP contribution in [0.5, 0.6) is 5.75 Å². The van der Waals surface area contributed by atoms with E-state index in [1.54, 1.807) is 6.07 Å². The van der Waals surface area contributed by atoms with Crippen LogP contribution >= 0.6 is 0 Å². The highest BCUT2D eigenvalue weighted by Crippen LogP contribution is 2.20. The standard InChI is InChI=1S/C14H22N2O3/c1-10(2)9-18-6-7-19-13-8-11(3)4-5-12(13)14(15)16-17/h4-5,8,10,17H,6-7,9H2,1-3H3,(H2,15,16). The van der Waals surface area contributed by atoms with Gasteiger partial charge in [-0.3, -0.25) is 0 Å². The lowest BCUT2D eigenvalue weighted by Crippen LogP contribution is -2.16. The molecule has 0 aromatic heterocycles. The summed E-state index contributed by atoms with van der Waals surface area (Å²) >= 11 is 0. The van der Waals surface area contributed by atoms with Crippen LogP contribution < -0.4 is 10.5 Å². The number of rotatable bonds is 7. The molecular weight excluding hydrogens is 244 g/mol. The Morgan fingerprint density at radius 2 is 2.11 bits per heavy atom. The maximum atomic E-state index is 8.74. The summed E-state index contributed by atoms with van der Waals surface area (Å²) in [6, 6.07) is 5.51. The monoisotopic (exact) mass is 266 g/mol. The normalized spacial score (nSPS) is 11.9. The summed E-state index contributed by atoms with van der Waals surface area (Å²) in [7, 11) is 0. The van der Waals surface area contributed by atoms with Gasteiger partial charge < -0.3 is 20.4 Å². The molecule has 0 saturated heterocycles. The van der Waals surface area contributed by atoms with Crippen molar-refractivity contribution >= 4 is 5.84 Å². The largest absolute Gasteiger partial charge is 0.490 e. The topological polar surface area (TPSA) is 77.1 Å². The van der Waals surface area contributed by atoms with Gasteiger partial charge >= 0.3 is 0 Å². The van der Waals surface area contributed by atoms with Crippen molar-refractivity contribution in [3.8, 4) is 5.75 Å². The Morgan fingerprint density at radius 1 is 1.37 bits per heavy atom. The van der Waals surface area contributed by atoms with E-state index in [-0.39, 0.29) is 5.84 Å². The Labute approximate surface area is 114 Å². The van der Waals surface area contributed by atoms with E-state index in [0.717, 1.165) is 5.56 Å². The fourth-order valence-electron chi connectivity index (χ4n) is 1.54. The van der Waals surface area contributed by atoms with Gasteiger partial charge in [0.15, 0.2) is 5.84 Å². The number of aryl methyl sites for hydroxylation is 1.